The Labute approximate surface area is 103 Å². The molecule has 1 aromatic carbocycles. The second kappa shape index (κ2) is 4.94. The molecule has 1 fully saturated rings. The largest absolute Gasteiger partial charge is 0.336 e. The van der Waals surface area contributed by atoms with E-state index in [0.717, 1.165) is 35.3 Å². The maximum atomic E-state index is 12.0. The molecule has 15 heavy (non-hydrogen) atoms. The van der Waals surface area contributed by atoms with Crippen LogP contribution in [0.4, 0.5) is 0 Å². The molecule has 1 heterocycles. The van der Waals surface area contributed by atoms with Gasteiger partial charge in [0.05, 0.1) is 0 Å². The van der Waals surface area contributed by atoms with Gasteiger partial charge in [-0.2, -0.15) is 0 Å². The highest BCUT2D eigenvalue weighted by Gasteiger charge is 2.17. The molecule has 0 saturated carbocycles. The molecule has 1 saturated heterocycles. The van der Waals surface area contributed by atoms with Crippen molar-refractivity contribution in [3.63, 3.8) is 0 Å². The second-order valence-electron chi connectivity index (χ2n) is 3.55. The quantitative estimate of drug-likeness (QED) is 0.793. The fourth-order valence-corrected chi connectivity index (χ4v) is 2.22. The van der Waals surface area contributed by atoms with Crippen LogP contribution in [-0.4, -0.2) is 37.0 Å². The summed E-state index contributed by atoms with van der Waals surface area (Å²) < 4.78 is 1.11. The molecular weight excluding hydrogens is 303 g/mol. The third-order valence-electron chi connectivity index (χ3n) is 2.48. The van der Waals surface area contributed by atoms with E-state index in [0.29, 0.717) is 0 Å². The van der Waals surface area contributed by atoms with Gasteiger partial charge in [-0.25, -0.2) is 0 Å². The minimum absolute atomic E-state index is 0.148. The Bertz CT molecular complexity index is 361. The molecule has 0 bridgehead atoms. The van der Waals surface area contributed by atoms with Crippen molar-refractivity contribution in [2.24, 2.45) is 0 Å². The summed E-state index contributed by atoms with van der Waals surface area (Å²) in [6.07, 6.45) is 0. The molecule has 1 amide bonds. The van der Waals surface area contributed by atoms with E-state index in [1.165, 1.54) is 0 Å². The first kappa shape index (κ1) is 10.9. The number of hydrogen-bond donors (Lipinski definition) is 1. The topological polar surface area (TPSA) is 32.3 Å². The van der Waals surface area contributed by atoms with Crippen LogP contribution >= 0.6 is 22.6 Å². The zero-order chi connectivity index (χ0) is 10.7. The maximum absolute atomic E-state index is 12.0. The normalized spacial score (nSPS) is 16.5. The molecule has 1 aliphatic rings. The molecule has 0 unspecified atom stereocenters. The van der Waals surface area contributed by atoms with Gasteiger partial charge in [-0.05, 0) is 40.8 Å². The highest BCUT2D eigenvalue weighted by atomic mass is 127. The SMILES string of the molecule is O=C(c1cccc(I)c1)N1CCNCC1. The predicted octanol–water partition coefficient (Wildman–Crippen LogP) is 1.34. The number of halogens is 1. The van der Waals surface area contributed by atoms with Crippen LogP contribution in [0.25, 0.3) is 0 Å². The van der Waals surface area contributed by atoms with E-state index in [4.69, 9.17) is 0 Å². The molecular formula is C11H13IN2O. The first-order valence-electron chi connectivity index (χ1n) is 5.03. The van der Waals surface area contributed by atoms with Crippen LogP contribution in [-0.2, 0) is 0 Å². The molecule has 80 valence electrons. The Morgan fingerprint density at radius 2 is 2.07 bits per heavy atom. The van der Waals surface area contributed by atoms with Gasteiger partial charge < -0.3 is 10.2 Å². The van der Waals surface area contributed by atoms with E-state index in [-0.39, 0.29) is 5.91 Å². The van der Waals surface area contributed by atoms with Crippen molar-refractivity contribution in [2.75, 3.05) is 26.2 Å². The highest BCUT2D eigenvalue weighted by molar-refractivity contribution is 14.1. The molecule has 0 aliphatic carbocycles. The number of nitrogens with one attached hydrogen (secondary N) is 1. The number of carbonyl (C=O) groups excluding carboxylic acids is 1. The molecule has 3 nitrogen and oxygen atoms in total. The monoisotopic (exact) mass is 316 g/mol. The van der Waals surface area contributed by atoms with E-state index in [1.54, 1.807) is 0 Å². The van der Waals surface area contributed by atoms with Crippen LogP contribution in [0.15, 0.2) is 24.3 Å². The van der Waals surface area contributed by atoms with Crippen molar-refractivity contribution < 1.29 is 4.79 Å². The minimum atomic E-state index is 0.148. The number of rotatable bonds is 1. The first-order valence-corrected chi connectivity index (χ1v) is 6.11. The van der Waals surface area contributed by atoms with E-state index in [1.807, 2.05) is 29.2 Å². The van der Waals surface area contributed by atoms with Crippen molar-refractivity contribution in [1.29, 1.82) is 0 Å². The summed E-state index contributed by atoms with van der Waals surface area (Å²) in [6, 6.07) is 7.74. The highest BCUT2D eigenvalue weighted by Crippen LogP contribution is 2.10. The molecule has 0 aromatic heterocycles. The van der Waals surface area contributed by atoms with Gasteiger partial charge in [-0.15, -0.1) is 0 Å². The molecule has 1 aliphatic heterocycles. The lowest BCUT2D eigenvalue weighted by Crippen LogP contribution is -2.46. The van der Waals surface area contributed by atoms with Crippen LogP contribution < -0.4 is 5.32 Å². The van der Waals surface area contributed by atoms with E-state index in [9.17, 15) is 4.79 Å². The zero-order valence-corrected chi connectivity index (χ0v) is 10.5. The van der Waals surface area contributed by atoms with Gasteiger partial charge in [-0.3, -0.25) is 4.79 Å². The lowest BCUT2D eigenvalue weighted by molar-refractivity contribution is 0.0736. The summed E-state index contributed by atoms with van der Waals surface area (Å²) in [6.45, 7) is 3.42. The van der Waals surface area contributed by atoms with Gasteiger partial charge >= 0.3 is 0 Å². The molecule has 1 N–H and O–H groups in total. The molecule has 0 atom stereocenters. The lowest BCUT2D eigenvalue weighted by Gasteiger charge is -2.27. The second-order valence-corrected chi connectivity index (χ2v) is 4.80. The number of carbonyl (C=O) groups is 1. The standard InChI is InChI=1S/C11H13IN2O/c12-10-3-1-2-9(8-10)11(15)14-6-4-13-5-7-14/h1-3,8,13H,4-7H2. The first-order chi connectivity index (χ1) is 7.27. The van der Waals surface area contributed by atoms with Gasteiger partial charge in [0.15, 0.2) is 0 Å². The summed E-state index contributed by atoms with van der Waals surface area (Å²) in [7, 11) is 0. The molecule has 0 spiro atoms. The lowest BCUT2D eigenvalue weighted by atomic mass is 10.2. The van der Waals surface area contributed by atoms with Crippen molar-refractivity contribution in [1.82, 2.24) is 10.2 Å². The predicted molar refractivity (Wildman–Crippen MR) is 67.9 cm³/mol. The number of nitrogens with zero attached hydrogens (tertiary/aromatic N) is 1. The van der Waals surface area contributed by atoms with Gasteiger partial charge in [-0.1, -0.05) is 6.07 Å². The fourth-order valence-electron chi connectivity index (χ4n) is 1.67. The van der Waals surface area contributed by atoms with Crippen molar-refractivity contribution in [3.05, 3.63) is 33.4 Å². The Morgan fingerprint density at radius 3 is 2.73 bits per heavy atom. The molecule has 0 radical (unpaired) electrons. The summed E-state index contributed by atoms with van der Waals surface area (Å²) >= 11 is 2.23. The molecule has 2 rings (SSSR count). The summed E-state index contributed by atoms with van der Waals surface area (Å²) in [5.74, 6) is 0.148. The maximum Gasteiger partial charge on any atom is 0.253 e. The number of piperazine rings is 1. The fraction of sp³-hybridized carbons (Fsp3) is 0.364. The van der Waals surface area contributed by atoms with Crippen LogP contribution in [0.3, 0.4) is 0 Å². The Hall–Kier alpha value is -0.620. The average molecular weight is 316 g/mol. The average Bonchev–Trinajstić information content (AvgIpc) is 2.29. The Balaban J connectivity index is 2.12. The number of benzene rings is 1. The van der Waals surface area contributed by atoms with Gasteiger partial charge in [0.25, 0.3) is 5.91 Å². The van der Waals surface area contributed by atoms with Crippen molar-refractivity contribution >= 4 is 28.5 Å². The Morgan fingerprint density at radius 1 is 1.33 bits per heavy atom. The molecule has 1 aromatic rings. The zero-order valence-electron chi connectivity index (χ0n) is 8.37. The van der Waals surface area contributed by atoms with E-state index < -0.39 is 0 Å². The summed E-state index contributed by atoms with van der Waals surface area (Å²) in [5.41, 5.74) is 0.795. The van der Waals surface area contributed by atoms with Crippen molar-refractivity contribution in [3.8, 4) is 0 Å². The Kier molecular flexibility index (Phi) is 3.58. The van der Waals surface area contributed by atoms with Gasteiger partial charge in [0.2, 0.25) is 0 Å². The minimum Gasteiger partial charge on any atom is -0.336 e. The van der Waals surface area contributed by atoms with Crippen LogP contribution in [0.5, 0.6) is 0 Å². The van der Waals surface area contributed by atoms with Gasteiger partial charge in [0.1, 0.15) is 0 Å². The summed E-state index contributed by atoms with van der Waals surface area (Å²) in [4.78, 5) is 14.0. The third-order valence-corrected chi connectivity index (χ3v) is 3.15. The summed E-state index contributed by atoms with van der Waals surface area (Å²) in [5, 5.41) is 3.24. The van der Waals surface area contributed by atoms with E-state index >= 15 is 0 Å². The van der Waals surface area contributed by atoms with Crippen LogP contribution in [0, 0.1) is 3.57 Å². The smallest absolute Gasteiger partial charge is 0.253 e. The van der Waals surface area contributed by atoms with Crippen LogP contribution in [0.1, 0.15) is 10.4 Å². The van der Waals surface area contributed by atoms with Gasteiger partial charge in [0, 0.05) is 35.3 Å². The third kappa shape index (κ3) is 2.69. The molecule has 4 heteroatoms. The van der Waals surface area contributed by atoms with Crippen molar-refractivity contribution in [2.45, 2.75) is 0 Å². The van der Waals surface area contributed by atoms with Crippen LogP contribution in [0.2, 0.25) is 0 Å². The number of hydrogen-bond acceptors (Lipinski definition) is 2. The van der Waals surface area contributed by atoms with E-state index in [2.05, 4.69) is 27.9 Å². The number of amides is 1.